The molecule has 0 amide bonds. The van der Waals surface area contributed by atoms with Crippen LogP contribution in [0.3, 0.4) is 0 Å². The Hall–Kier alpha value is -1.81. The Balaban J connectivity index is 1.74. The second-order valence-electron chi connectivity index (χ2n) is 5.54. The van der Waals surface area contributed by atoms with Crippen molar-refractivity contribution in [3.63, 3.8) is 0 Å². The van der Waals surface area contributed by atoms with E-state index in [1.54, 1.807) is 6.20 Å². The molecule has 1 aromatic carbocycles. The van der Waals surface area contributed by atoms with Crippen molar-refractivity contribution in [3.8, 4) is 0 Å². The summed E-state index contributed by atoms with van der Waals surface area (Å²) in [5.74, 6) is 2.40. The molecule has 0 unspecified atom stereocenters. The van der Waals surface area contributed by atoms with Crippen molar-refractivity contribution >= 4 is 29.1 Å². The van der Waals surface area contributed by atoms with E-state index in [0.717, 1.165) is 30.5 Å². The predicted octanol–water partition coefficient (Wildman–Crippen LogP) is 4.11. The van der Waals surface area contributed by atoms with Gasteiger partial charge in [-0.2, -0.15) is 4.98 Å². The largest absolute Gasteiger partial charge is 0.356 e. The number of rotatable bonds is 3. The van der Waals surface area contributed by atoms with Crippen LogP contribution >= 0.6 is 11.6 Å². The Kier molecular flexibility index (Phi) is 4.25. The summed E-state index contributed by atoms with van der Waals surface area (Å²) in [4.78, 5) is 11.2. The molecule has 0 bridgehead atoms. The Bertz CT molecular complexity index is 609. The van der Waals surface area contributed by atoms with Gasteiger partial charge in [-0.1, -0.05) is 24.6 Å². The maximum absolute atomic E-state index is 5.99. The van der Waals surface area contributed by atoms with Gasteiger partial charge in [0.25, 0.3) is 0 Å². The molecule has 0 radical (unpaired) electrons. The highest BCUT2D eigenvalue weighted by Crippen LogP contribution is 2.23. The standard InChI is InChI=1S/C16H19ClN4/c1-12-6-9-21(10-7-12)15-5-8-18-16(20-15)19-14-4-2-3-13(17)11-14/h2-5,8,11-12H,6-7,9-10H2,1H3,(H,18,19,20). The average molecular weight is 303 g/mol. The quantitative estimate of drug-likeness (QED) is 0.926. The van der Waals surface area contributed by atoms with E-state index in [1.807, 2.05) is 30.3 Å². The summed E-state index contributed by atoms with van der Waals surface area (Å²) in [7, 11) is 0. The van der Waals surface area contributed by atoms with Crippen molar-refractivity contribution in [2.24, 2.45) is 5.92 Å². The number of halogens is 1. The lowest BCUT2D eigenvalue weighted by Gasteiger charge is -2.31. The van der Waals surface area contributed by atoms with E-state index in [-0.39, 0.29) is 0 Å². The van der Waals surface area contributed by atoms with Crippen molar-refractivity contribution in [2.75, 3.05) is 23.3 Å². The van der Waals surface area contributed by atoms with Gasteiger partial charge in [0.05, 0.1) is 0 Å². The van der Waals surface area contributed by atoms with E-state index in [4.69, 9.17) is 11.6 Å². The first-order valence-corrected chi connectivity index (χ1v) is 7.69. The van der Waals surface area contributed by atoms with Crippen molar-refractivity contribution in [1.82, 2.24) is 9.97 Å². The predicted molar refractivity (Wildman–Crippen MR) is 87.4 cm³/mol. The molecule has 2 heterocycles. The Morgan fingerprint density at radius 2 is 2.05 bits per heavy atom. The molecular weight excluding hydrogens is 284 g/mol. The van der Waals surface area contributed by atoms with Gasteiger partial charge < -0.3 is 10.2 Å². The first kappa shape index (κ1) is 14.1. The van der Waals surface area contributed by atoms with Crippen LogP contribution in [0.4, 0.5) is 17.5 Å². The molecule has 21 heavy (non-hydrogen) atoms. The molecule has 0 saturated carbocycles. The maximum Gasteiger partial charge on any atom is 0.229 e. The van der Waals surface area contributed by atoms with Crippen LogP contribution < -0.4 is 10.2 Å². The van der Waals surface area contributed by atoms with Crippen LogP contribution in [0.25, 0.3) is 0 Å². The van der Waals surface area contributed by atoms with Gasteiger partial charge in [-0.3, -0.25) is 0 Å². The summed E-state index contributed by atoms with van der Waals surface area (Å²) in [5, 5.41) is 3.90. The van der Waals surface area contributed by atoms with Crippen molar-refractivity contribution in [1.29, 1.82) is 0 Å². The molecule has 0 aliphatic carbocycles. The van der Waals surface area contributed by atoms with Crippen molar-refractivity contribution < 1.29 is 0 Å². The second kappa shape index (κ2) is 6.31. The lowest BCUT2D eigenvalue weighted by molar-refractivity contribution is 0.436. The van der Waals surface area contributed by atoms with Crippen LogP contribution in [0.5, 0.6) is 0 Å². The normalized spacial score (nSPS) is 16.0. The zero-order valence-corrected chi connectivity index (χ0v) is 12.8. The minimum absolute atomic E-state index is 0.605. The fraction of sp³-hybridized carbons (Fsp3) is 0.375. The lowest BCUT2D eigenvalue weighted by Crippen LogP contribution is -2.33. The number of nitrogens with zero attached hydrogens (tertiary/aromatic N) is 3. The van der Waals surface area contributed by atoms with Crippen LogP contribution in [0.2, 0.25) is 5.02 Å². The van der Waals surface area contributed by atoms with Gasteiger partial charge in [-0.15, -0.1) is 0 Å². The molecule has 1 aromatic heterocycles. The van der Waals surface area contributed by atoms with Gasteiger partial charge in [0.15, 0.2) is 0 Å². The fourth-order valence-electron chi connectivity index (χ4n) is 2.52. The Morgan fingerprint density at radius 1 is 1.24 bits per heavy atom. The van der Waals surface area contributed by atoms with Gasteiger partial charge in [-0.25, -0.2) is 4.98 Å². The zero-order chi connectivity index (χ0) is 14.7. The average Bonchev–Trinajstić information content (AvgIpc) is 2.48. The molecule has 3 rings (SSSR count). The molecule has 0 atom stereocenters. The number of hydrogen-bond acceptors (Lipinski definition) is 4. The molecule has 5 heteroatoms. The number of hydrogen-bond donors (Lipinski definition) is 1. The van der Waals surface area contributed by atoms with Crippen LogP contribution in [-0.4, -0.2) is 23.1 Å². The minimum Gasteiger partial charge on any atom is -0.356 e. The van der Waals surface area contributed by atoms with Gasteiger partial charge in [0, 0.05) is 30.0 Å². The van der Waals surface area contributed by atoms with Gasteiger partial charge >= 0.3 is 0 Å². The van der Waals surface area contributed by atoms with Crippen molar-refractivity contribution in [2.45, 2.75) is 19.8 Å². The first-order valence-electron chi connectivity index (χ1n) is 7.31. The third kappa shape index (κ3) is 3.64. The Morgan fingerprint density at radius 3 is 2.81 bits per heavy atom. The molecule has 1 N–H and O–H groups in total. The molecule has 0 spiro atoms. The number of benzene rings is 1. The first-order chi connectivity index (χ1) is 10.2. The maximum atomic E-state index is 5.99. The summed E-state index contributed by atoms with van der Waals surface area (Å²) < 4.78 is 0. The molecule has 4 nitrogen and oxygen atoms in total. The Labute approximate surface area is 130 Å². The SMILES string of the molecule is CC1CCN(c2ccnc(Nc3cccc(Cl)c3)n2)CC1. The highest BCUT2D eigenvalue weighted by Gasteiger charge is 2.17. The van der Waals surface area contributed by atoms with E-state index < -0.39 is 0 Å². The molecule has 1 aliphatic rings. The monoisotopic (exact) mass is 302 g/mol. The highest BCUT2D eigenvalue weighted by atomic mass is 35.5. The van der Waals surface area contributed by atoms with E-state index >= 15 is 0 Å². The summed E-state index contributed by atoms with van der Waals surface area (Å²) in [6.45, 7) is 4.44. The van der Waals surface area contributed by atoms with Crippen LogP contribution in [0.1, 0.15) is 19.8 Å². The minimum atomic E-state index is 0.605. The zero-order valence-electron chi connectivity index (χ0n) is 12.1. The van der Waals surface area contributed by atoms with E-state index in [2.05, 4.69) is 27.1 Å². The topological polar surface area (TPSA) is 41.1 Å². The number of anilines is 3. The molecule has 1 fully saturated rings. The van der Waals surface area contributed by atoms with Gasteiger partial charge in [0.1, 0.15) is 5.82 Å². The number of aromatic nitrogens is 2. The summed E-state index contributed by atoms with van der Waals surface area (Å²) in [6.07, 6.45) is 4.25. The van der Waals surface area contributed by atoms with Crippen LogP contribution in [0.15, 0.2) is 36.5 Å². The molecule has 110 valence electrons. The highest BCUT2D eigenvalue weighted by molar-refractivity contribution is 6.30. The van der Waals surface area contributed by atoms with E-state index in [9.17, 15) is 0 Å². The third-order valence-electron chi connectivity index (χ3n) is 3.83. The third-order valence-corrected chi connectivity index (χ3v) is 4.06. The van der Waals surface area contributed by atoms with Gasteiger partial charge in [-0.05, 0) is 43.0 Å². The van der Waals surface area contributed by atoms with Crippen LogP contribution in [0, 0.1) is 5.92 Å². The second-order valence-corrected chi connectivity index (χ2v) is 5.98. The van der Waals surface area contributed by atoms with Crippen LogP contribution in [-0.2, 0) is 0 Å². The van der Waals surface area contributed by atoms with Crippen molar-refractivity contribution in [3.05, 3.63) is 41.6 Å². The molecular formula is C16H19ClN4. The summed E-state index contributed by atoms with van der Waals surface area (Å²) in [6, 6.07) is 9.53. The number of nitrogens with one attached hydrogen (secondary N) is 1. The lowest BCUT2D eigenvalue weighted by atomic mass is 9.99. The fourth-order valence-corrected chi connectivity index (χ4v) is 2.71. The smallest absolute Gasteiger partial charge is 0.229 e. The van der Waals surface area contributed by atoms with Gasteiger partial charge in [0.2, 0.25) is 5.95 Å². The van der Waals surface area contributed by atoms with E-state index in [1.165, 1.54) is 12.8 Å². The molecule has 2 aromatic rings. The summed E-state index contributed by atoms with van der Waals surface area (Å²) in [5.41, 5.74) is 0.895. The molecule has 1 aliphatic heterocycles. The van der Waals surface area contributed by atoms with E-state index in [0.29, 0.717) is 11.0 Å². The summed E-state index contributed by atoms with van der Waals surface area (Å²) >= 11 is 5.99. The molecule has 1 saturated heterocycles. The number of piperidine rings is 1.